The number of aromatic nitrogens is 1. The first-order valence-corrected chi connectivity index (χ1v) is 7.75. The van der Waals surface area contributed by atoms with E-state index in [0.29, 0.717) is 0 Å². The third-order valence-electron chi connectivity index (χ3n) is 3.21. The molecule has 0 fully saturated rings. The zero-order valence-electron chi connectivity index (χ0n) is 11.1. The molecule has 0 amide bonds. The first-order chi connectivity index (χ1) is 9.72. The van der Waals surface area contributed by atoms with E-state index in [2.05, 4.69) is 35.4 Å². The lowest BCUT2D eigenvalue weighted by molar-refractivity contribution is 0.573. The minimum atomic E-state index is 0.239. The molecule has 0 aliphatic carbocycles. The molecule has 0 saturated carbocycles. The predicted octanol–water partition coefficient (Wildman–Crippen LogP) is 4.80. The number of halogens is 1. The number of hydrogen-bond acceptors (Lipinski definition) is 3. The van der Waals surface area contributed by atoms with E-state index in [1.165, 1.54) is 10.3 Å². The molecule has 1 unspecified atom stereocenters. The fourth-order valence-electron chi connectivity index (χ4n) is 2.04. The van der Waals surface area contributed by atoms with Crippen LogP contribution in [0.1, 0.15) is 23.5 Å². The SMILES string of the molecule is CC(NCc1ccc(Cl)cc1)c1nc2ccccc2s1. The highest BCUT2D eigenvalue weighted by atomic mass is 35.5. The van der Waals surface area contributed by atoms with Crippen LogP contribution in [0.4, 0.5) is 0 Å². The highest BCUT2D eigenvalue weighted by Gasteiger charge is 2.10. The van der Waals surface area contributed by atoms with Crippen molar-refractivity contribution in [3.63, 3.8) is 0 Å². The largest absolute Gasteiger partial charge is 0.304 e. The second kappa shape index (κ2) is 5.92. The lowest BCUT2D eigenvalue weighted by Gasteiger charge is -2.11. The van der Waals surface area contributed by atoms with Crippen molar-refractivity contribution in [2.75, 3.05) is 0 Å². The van der Waals surface area contributed by atoms with E-state index in [9.17, 15) is 0 Å². The minimum Gasteiger partial charge on any atom is -0.304 e. The van der Waals surface area contributed by atoms with Crippen LogP contribution in [-0.4, -0.2) is 4.98 Å². The molecule has 1 atom stereocenters. The third-order valence-corrected chi connectivity index (χ3v) is 4.68. The molecule has 20 heavy (non-hydrogen) atoms. The molecule has 2 aromatic carbocycles. The average molecular weight is 303 g/mol. The summed E-state index contributed by atoms with van der Waals surface area (Å²) in [4.78, 5) is 4.67. The molecule has 3 rings (SSSR count). The Bertz CT molecular complexity index is 673. The van der Waals surface area contributed by atoms with Gasteiger partial charge in [0.05, 0.1) is 16.3 Å². The van der Waals surface area contributed by atoms with E-state index < -0.39 is 0 Å². The Hall–Kier alpha value is -1.42. The van der Waals surface area contributed by atoms with Gasteiger partial charge >= 0.3 is 0 Å². The fourth-order valence-corrected chi connectivity index (χ4v) is 3.16. The van der Waals surface area contributed by atoms with Gasteiger partial charge in [-0.1, -0.05) is 35.9 Å². The molecule has 0 aliphatic rings. The van der Waals surface area contributed by atoms with Crippen molar-refractivity contribution in [3.8, 4) is 0 Å². The summed E-state index contributed by atoms with van der Waals surface area (Å²) in [6.07, 6.45) is 0. The van der Waals surface area contributed by atoms with Gasteiger partial charge < -0.3 is 5.32 Å². The molecular weight excluding hydrogens is 288 g/mol. The van der Waals surface area contributed by atoms with Crippen LogP contribution in [0.2, 0.25) is 5.02 Å². The zero-order chi connectivity index (χ0) is 13.9. The van der Waals surface area contributed by atoms with Gasteiger partial charge in [0.1, 0.15) is 5.01 Å². The van der Waals surface area contributed by atoms with Crippen LogP contribution in [-0.2, 0) is 6.54 Å². The maximum atomic E-state index is 5.89. The minimum absolute atomic E-state index is 0.239. The summed E-state index contributed by atoms with van der Waals surface area (Å²) in [6.45, 7) is 2.96. The number of rotatable bonds is 4. The van der Waals surface area contributed by atoms with Gasteiger partial charge in [-0.3, -0.25) is 0 Å². The number of para-hydroxylation sites is 1. The Balaban J connectivity index is 1.69. The fraction of sp³-hybridized carbons (Fsp3) is 0.188. The van der Waals surface area contributed by atoms with Gasteiger partial charge in [0, 0.05) is 11.6 Å². The van der Waals surface area contributed by atoms with Crippen LogP contribution in [0.25, 0.3) is 10.2 Å². The molecule has 2 nitrogen and oxygen atoms in total. The number of hydrogen-bond donors (Lipinski definition) is 1. The van der Waals surface area contributed by atoms with Crippen LogP contribution in [0.3, 0.4) is 0 Å². The van der Waals surface area contributed by atoms with Crippen LogP contribution in [0.5, 0.6) is 0 Å². The normalized spacial score (nSPS) is 12.7. The lowest BCUT2D eigenvalue weighted by Crippen LogP contribution is -2.17. The van der Waals surface area contributed by atoms with Gasteiger partial charge in [0.15, 0.2) is 0 Å². The summed E-state index contributed by atoms with van der Waals surface area (Å²) in [7, 11) is 0. The molecule has 1 aromatic heterocycles. The van der Waals surface area contributed by atoms with Crippen molar-refractivity contribution in [2.24, 2.45) is 0 Å². The highest BCUT2D eigenvalue weighted by Crippen LogP contribution is 2.26. The van der Waals surface area contributed by atoms with Crippen LogP contribution >= 0.6 is 22.9 Å². The van der Waals surface area contributed by atoms with E-state index in [1.807, 2.05) is 30.3 Å². The number of nitrogens with zero attached hydrogens (tertiary/aromatic N) is 1. The van der Waals surface area contributed by atoms with Gasteiger partial charge in [-0.25, -0.2) is 4.98 Å². The Morgan fingerprint density at radius 2 is 1.90 bits per heavy atom. The molecule has 4 heteroatoms. The van der Waals surface area contributed by atoms with Crippen LogP contribution in [0, 0.1) is 0 Å². The number of nitrogens with one attached hydrogen (secondary N) is 1. The van der Waals surface area contributed by atoms with E-state index >= 15 is 0 Å². The zero-order valence-corrected chi connectivity index (χ0v) is 12.7. The first-order valence-electron chi connectivity index (χ1n) is 6.55. The Morgan fingerprint density at radius 3 is 2.65 bits per heavy atom. The first kappa shape index (κ1) is 13.6. The maximum absolute atomic E-state index is 5.89. The van der Waals surface area contributed by atoms with E-state index in [1.54, 1.807) is 11.3 Å². The molecule has 0 spiro atoms. The molecule has 102 valence electrons. The van der Waals surface area contributed by atoms with Gasteiger partial charge in [0.25, 0.3) is 0 Å². The molecular formula is C16H15ClN2S. The Kier molecular flexibility index (Phi) is 4.01. The smallest absolute Gasteiger partial charge is 0.111 e. The van der Waals surface area contributed by atoms with Crippen molar-refractivity contribution in [2.45, 2.75) is 19.5 Å². The summed E-state index contributed by atoms with van der Waals surface area (Å²) < 4.78 is 1.24. The van der Waals surface area contributed by atoms with Gasteiger partial charge in [0.2, 0.25) is 0 Å². The summed E-state index contributed by atoms with van der Waals surface area (Å²) in [6, 6.07) is 16.4. The molecule has 0 aliphatic heterocycles. The summed E-state index contributed by atoms with van der Waals surface area (Å²) >= 11 is 7.63. The summed E-state index contributed by atoms with van der Waals surface area (Å²) in [5, 5.41) is 5.40. The van der Waals surface area contributed by atoms with Gasteiger partial charge in [-0.05, 0) is 36.8 Å². The van der Waals surface area contributed by atoms with Crippen molar-refractivity contribution in [1.29, 1.82) is 0 Å². The van der Waals surface area contributed by atoms with Gasteiger partial charge in [-0.2, -0.15) is 0 Å². The number of fused-ring (bicyclic) bond motifs is 1. The van der Waals surface area contributed by atoms with Crippen molar-refractivity contribution >= 4 is 33.2 Å². The standard InChI is InChI=1S/C16H15ClN2S/c1-11(18-10-12-6-8-13(17)9-7-12)16-19-14-4-2-3-5-15(14)20-16/h2-9,11,18H,10H2,1H3. The van der Waals surface area contributed by atoms with Crippen LogP contribution < -0.4 is 5.32 Å². The summed E-state index contributed by atoms with van der Waals surface area (Å²) in [5.74, 6) is 0. The molecule has 1 heterocycles. The number of thiazole rings is 1. The molecule has 1 N–H and O–H groups in total. The second-order valence-corrected chi connectivity index (χ2v) is 6.25. The van der Waals surface area contributed by atoms with Crippen molar-refractivity contribution < 1.29 is 0 Å². The van der Waals surface area contributed by atoms with E-state index in [4.69, 9.17) is 11.6 Å². The number of benzene rings is 2. The monoisotopic (exact) mass is 302 g/mol. The predicted molar refractivity (Wildman–Crippen MR) is 86.3 cm³/mol. The second-order valence-electron chi connectivity index (χ2n) is 4.75. The van der Waals surface area contributed by atoms with Crippen molar-refractivity contribution in [3.05, 3.63) is 64.1 Å². The average Bonchev–Trinajstić information content (AvgIpc) is 2.90. The van der Waals surface area contributed by atoms with Crippen LogP contribution in [0.15, 0.2) is 48.5 Å². The third kappa shape index (κ3) is 3.01. The Morgan fingerprint density at radius 1 is 1.15 bits per heavy atom. The molecule has 0 bridgehead atoms. The van der Waals surface area contributed by atoms with Crippen molar-refractivity contribution in [1.82, 2.24) is 10.3 Å². The molecule has 0 saturated heterocycles. The Labute approximate surface area is 127 Å². The lowest BCUT2D eigenvalue weighted by atomic mass is 10.2. The van der Waals surface area contributed by atoms with E-state index in [0.717, 1.165) is 22.1 Å². The highest BCUT2D eigenvalue weighted by molar-refractivity contribution is 7.18. The summed E-state index contributed by atoms with van der Waals surface area (Å²) in [5.41, 5.74) is 2.30. The quantitative estimate of drug-likeness (QED) is 0.749. The molecule has 0 radical (unpaired) electrons. The van der Waals surface area contributed by atoms with Gasteiger partial charge in [-0.15, -0.1) is 11.3 Å². The molecule has 3 aromatic rings. The topological polar surface area (TPSA) is 24.9 Å². The maximum Gasteiger partial charge on any atom is 0.111 e. The van der Waals surface area contributed by atoms with E-state index in [-0.39, 0.29) is 6.04 Å².